The molecule has 0 radical (unpaired) electrons. The van der Waals surface area contributed by atoms with E-state index < -0.39 is 11.9 Å². The first-order chi connectivity index (χ1) is 20.1. The summed E-state index contributed by atoms with van der Waals surface area (Å²) in [6, 6.07) is 20.4. The van der Waals surface area contributed by atoms with E-state index in [1.807, 2.05) is 30.3 Å². The zero-order chi connectivity index (χ0) is 30.6. The number of piperidine rings is 1. The first-order valence-corrected chi connectivity index (χ1v) is 13.2. The van der Waals surface area contributed by atoms with Crippen molar-refractivity contribution in [3.8, 4) is 11.5 Å². The summed E-state index contributed by atoms with van der Waals surface area (Å²) in [7, 11) is 3.17. The Morgan fingerprint density at radius 1 is 0.857 bits per heavy atom. The molecule has 1 aliphatic rings. The highest BCUT2D eigenvalue weighted by Crippen LogP contribution is 2.30. The van der Waals surface area contributed by atoms with Crippen LogP contribution in [0.15, 0.2) is 72.8 Å². The number of methoxy groups -OCH3 is 2. The fourth-order valence-electron chi connectivity index (χ4n) is 4.61. The smallest absolute Gasteiger partial charge is 0.414 e. The molecule has 0 aliphatic carbocycles. The van der Waals surface area contributed by atoms with E-state index in [4.69, 9.17) is 29.3 Å². The largest absolute Gasteiger partial charge is 0.497 e. The van der Waals surface area contributed by atoms with Gasteiger partial charge in [-0.3, -0.25) is 9.59 Å². The SMILES string of the molecule is COc1cccc(C(=O)N(CCN2CCC(C(=O)c3ccc(F)cc3)CC2)c2ccccc2OC)c1.O=C(O)C(=O)O. The molecule has 1 saturated heterocycles. The van der Waals surface area contributed by atoms with Crippen LogP contribution in [-0.4, -0.2) is 79.1 Å². The van der Waals surface area contributed by atoms with Gasteiger partial charge in [-0.25, -0.2) is 14.0 Å². The predicted octanol–water partition coefficient (Wildman–Crippen LogP) is 4.24. The van der Waals surface area contributed by atoms with Crippen LogP contribution in [-0.2, 0) is 9.59 Å². The zero-order valence-corrected chi connectivity index (χ0v) is 23.4. The number of rotatable bonds is 9. The van der Waals surface area contributed by atoms with E-state index in [1.165, 1.54) is 12.1 Å². The lowest BCUT2D eigenvalue weighted by atomic mass is 9.89. The topological polar surface area (TPSA) is 134 Å². The molecule has 0 bridgehead atoms. The number of aliphatic carboxylic acids is 2. The minimum atomic E-state index is -1.82. The molecule has 1 heterocycles. The Hall–Kier alpha value is -4.77. The van der Waals surface area contributed by atoms with Crippen LogP contribution in [0.1, 0.15) is 33.6 Å². The van der Waals surface area contributed by atoms with E-state index >= 15 is 0 Å². The summed E-state index contributed by atoms with van der Waals surface area (Å²) in [5.41, 5.74) is 1.79. The first-order valence-electron chi connectivity index (χ1n) is 13.2. The van der Waals surface area contributed by atoms with Gasteiger partial charge in [0.15, 0.2) is 5.78 Å². The fourth-order valence-corrected chi connectivity index (χ4v) is 4.61. The number of para-hydroxylation sites is 2. The second kappa shape index (κ2) is 15.3. The van der Waals surface area contributed by atoms with Gasteiger partial charge in [0.25, 0.3) is 5.91 Å². The molecule has 222 valence electrons. The monoisotopic (exact) mass is 580 g/mol. The van der Waals surface area contributed by atoms with E-state index in [9.17, 15) is 14.0 Å². The van der Waals surface area contributed by atoms with E-state index in [2.05, 4.69) is 4.90 Å². The van der Waals surface area contributed by atoms with Crippen molar-refractivity contribution in [3.63, 3.8) is 0 Å². The molecule has 1 fully saturated rings. The molecular formula is C31H33FN2O8. The van der Waals surface area contributed by atoms with Crippen LogP contribution in [0.2, 0.25) is 0 Å². The molecule has 42 heavy (non-hydrogen) atoms. The molecule has 1 aliphatic heterocycles. The van der Waals surface area contributed by atoms with Crippen LogP contribution < -0.4 is 14.4 Å². The minimum Gasteiger partial charge on any atom is -0.497 e. The predicted molar refractivity (Wildman–Crippen MR) is 153 cm³/mol. The summed E-state index contributed by atoms with van der Waals surface area (Å²) in [6.45, 7) is 2.63. The second-order valence-corrected chi connectivity index (χ2v) is 9.46. The Morgan fingerprint density at radius 3 is 2.10 bits per heavy atom. The molecule has 4 rings (SSSR count). The van der Waals surface area contributed by atoms with Crippen molar-refractivity contribution in [2.75, 3.05) is 45.3 Å². The highest BCUT2D eigenvalue weighted by molar-refractivity contribution is 6.27. The third-order valence-electron chi connectivity index (χ3n) is 6.85. The summed E-state index contributed by atoms with van der Waals surface area (Å²) in [6.07, 6.45) is 1.46. The third-order valence-corrected chi connectivity index (χ3v) is 6.85. The summed E-state index contributed by atoms with van der Waals surface area (Å²) < 4.78 is 24.1. The van der Waals surface area contributed by atoms with Gasteiger partial charge in [0.05, 0.1) is 19.9 Å². The summed E-state index contributed by atoms with van der Waals surface area (Å²) in [5.74, 6) is -2.89. The molecule has 0 unspecified atom stereocenters. The van der Waals surface area contributed by atoms with Crippen LogP contribution in [0, 0.1) is 11.7 Å². The number of benzene rings is 3. The van der Waals surface area contributed by atoms with E-state index in [1.54, 1.807) is 49.5 Å². The van der Waals surface area contributed by atoms with Gasteiger partial charge in [0.2, 0.25) is 0 Å². The summed E-state index contributed by atoms with van der Waals surface area (Å²) in [4.78, 5) is 48.6. The van der Waals surface area contributed by atoms with Gasteiger partial charge in [-0.1, -0.05) is 18.2 Å². The number of likely N-dealkylation sites (tertiary alicyclic amines) is 1. The van der Waals surface area contributed by atoms with Crippen molar-refractivity contribution >= 4 is 29.3 Å². The number of Topliss-reactive ketones (excluding diaryl/α,β-unsaturated/α-hetero) is 1. The van der Waals surface area contributed by atoms with Crippen molar-refractivity contribution in [2.24, 2.45) is 5.92 Å². The number of amides is 1. The Morgan fingerprint density at radius 2 is 1.50 bits per heavy atom. The molecule has 10 nitrogen and oxygen atoms in total. The molecule has 2 N–H and O–H groups in total. The van der Waals surface area contributed by atoms with Crippen LogP contribution in [0.5, 0.6) is 11.5 Å². The molecule has 1 amide bonds. The first kappa shape index (κ1) is 31.8. The highest BCUT2D eigenvalue weighted by Gasteiger charge is 2.27. The van der Waals surface area contributed by atoms with Crippen LogP contribution in [0.3, 0.4) is 0 Å². The maximum atomic E-state index is 13.6. The quantitative estimate of drug-likeness (QED) is 0.282. The van der Waals surface area contributed by atoms with Gasteiger partial charge in [0, 0.05) is 30.1 Å². The van der Waals surface area contributed by atoms with Crippen LogP contribution in [0.4, 0.5) is 10.1 Å². The van der Waals surface area contributed by atoms with E-state index in [0.29, 0.717) is 41.4 Å². The van der Waals surface area contributed by atoms with Crippen molar-refractivity contribution in [3.05, 3.63) is 89.7 Å². The lowest BCUT2D eigenvalue weighted by Crippen LogP contribution is -2.43. The molecule has 0 spiro atoms. The van der Waals surface area contributed by atoms with Gasteiger partial charge < -0.3 is 29.5 Å². The van der Waals surface area contributed by atoms with Gasteiger partial charge in [-0.15, -0.1) is 0 Å². The average Bonchev–Trinajstić information content (AvgIpc) is 3.02. The zero-order valence-electron chi connectivity index (χ0n) is 23.4. The van der Waals surface area contributed by atoms with Gasteiger partial charge in [-0.2, -0.15) is 0 Å². The molecule has 0 saturated carbocycles. The Bertz CT molecular complexity index is 1380. The molecule has 3 aromatic carbocycles. The number of ketones is 1. The minimum absolute atomic E-state index is 0.0681. The lowest BCUT2D eigenvalue weighted by Gasteiger charge is -2.33. The molecule has 3 aromatic rings. The maximum Gasteiger partial charge on any atom is 0.414 e. The van der Waals surface area contributed by atoms with Crippen LogP contribution >= 0.6 is 0 Å². The van der Waals surface area contributed by atoms with Crippen molar-refractivity contribution < 1.29 is 43.3 Å². The number of carbonyl (C=O) groups is 4. The number of carbonyl (C=O) groups excluding carboxylic acids is 2. The van der Waals surface area contributed by atoms with Gasteiger partial charge in [0.1, 0.15) is 17.3 Å². The van der Waals surface area contributed by atoms with E-state index in [-0.39, 0.29) is 23.4 Å². The van der Waals surface area contributed by atoms with Crippen molar-refractivity contribution in [1.29, 1.82) is 0 Å². The highest BCUT2D eigenvalue weighted by atomic mass is 19.1. The Labute approximate surface area is 242 Å². The molecule has 0 atom stereocenters. The molecule has 11 heteroatoms. The number of hydrogen-bond donors (Lipinski definition) is 2. The number of carboxylic acid groups (broad SMARTS) is 2. The number of carboxylic acids is 2. The average molecular weight is 581 g/mol. The van der Waals surface area contributed by atoms with E-state index in [0.717, 1.165) is 25.9 Å². The fraction of sp³-hybridized carbons (Fsp3) is 0.290. The van der Waals surface area contributed by atoms with Gasteiger partial charge in [-0.05, 0) is 80.5 Å². The third kappa shape index (κ3) is 8.61. The Balaban J connectivity index is 0.000000730. The van der Waals surface area contributed by atoms with Crippen molar-refractivity contribution in [2.45, 2.75) is 12.8 Å². The Kier molecular flexibility index (Phi) is 11.6. The molecular weight excluding hydrogens is 547 g/mol. The summed E-state index contributed by atoms with van der Waals surface area (Å²) in [5, 5.41) is 14.8. The number of anilines is 1. The summed E-state index contributed by atoms with van der Waals surface area (Å²) >= 11 is 0. The standard InChI is InChI=1S/C29H31FN2O4.C2H2O4/c1-35-25-7-5-6-23(20-25)29(34)32(26-8-3-4-9-27(26)36-2)19-18-31-16-14-22(15-17-31)28(33)21-10-12-24(30)13-11-21;3-1(4)2(5)6/h3-13,20,22H,14-19H2,1-2H3;(H,3,4)(H,5,6). The van der Waals surface area contributed by atoms with Gasteiger partial charge >= 0.3 is 11.9 Å². The molecule has 0 aromatic heterocycles. The van der Waals surface area contributed by atoms with Crippen molar-refractivity contribution in [1.82, 2.24) is 4.90 Å². The lowest BCUT2D eigenvalue weighted by molar-refractivity contribution is -0.159. The number of hydrogen-bond acceptors (Lipinski definition) is 7. The normalized spacial score (nSPS) is 13.3. The van der Waals surface area contributed by atoms with Crippen LogP contribution in [0.25, 0.3) is 0 Å². The number of halogens is 1. The second-order valence-electron chi connectivity index (χ2n) is 9.46. The number of ether oxygens (including phenoxy) is 2. The number of nitrogens with zero attached hydrogens (tertiary/aromatic N) is 2. The maximum absolute atomic E-state index is 13.6.